The number of aliphatic carboxylic acids is 1. The van der Waals surface area contributed by atoms with Gasteiger partial charge in [-0.2, -0.15) is 0 Å². The molecule has 1 amide bonds. The number of aryl methyl sites for hydroxylation is 2. The fourth-order valence-electron chi connectivity index (χ4n) is 3.66. The lowest BCUT2D eigenvalue weighted by Gasteiger charge is -2.28. The van der Waals surface area contributed by atoms with Gasteiger partial charge in [0.2, 0.25) is 0 Å². The number of rotatable bonds is 3. The zero-order valence-electron chi connectivity index (χ0n) is 13.6. The van der Waals surface area contributed by atoms with Crippen molar-refractivity contribution in [3.8, 4) is 0 Å². The van der Waals surface area contributed by atoms with E-state index < -0.39 is 18.2 Å². The van der Waals surface area contributed by atoms with Crippen LogP contribution in [0.15, 0.2) is 18.2 Å². The first-order valence-electron chi connectivity index (χ1n) is 8.23. The van der Waals surface area contributed by atoms with Gasteiger partial charge in [0.1, 0.15) is 6.10 Å². The molecule has 0 aromatic heterocycles. The van der Waals surface area contributed by atoms with Crippen molar-refractivity contribution in [2.45, 2.75) is 57.8 Å². The molecule has 1 unspecified atom stereocenters. The van der Waals surface area contributed by atoms with Gasteiger partial charge in [-0.3, -0.25) is 4.79 Å². The monoisotopic (exact) mass is 317 g/mol. The highest BCUT2D eigenvalue weighted by atomic mass is 16.5. The third-order valence-corrected chi connectivity index (χ3v) is 4.90. The molecule has 1 aromatic rings. The summed E-state index contributed by atoms with van der Waals surface area (Å²) in [5.74, 6) is -1.04. The number of ether oxygens (including phenoxy) is 1. The molecule has 1 N–H and O–H groups in total. The third kappa shape index (κ3) is 3.11. The molecule has 2 fully saturated rings. The first kappa shape index (κ1) is 16.0. The fraction of sp³-hybridized carbons (Fsp3) is 0.556. The number of carboxylic acid groups (broad SMARTS) is 1. The van der Waals surface area contributed by atoms with Crippen molar-refractivity contribution in [1.82, 2.24) is 4.90 Å². The van der Waals surface area contributed by atoms with Crippen LogP contribution in [-0.4, -0.2) is 40.6 Å². The minimum Gasteiger partial charge on any atom is -0.479 e. The van der Waals surface area contributed by atoms with Crippen LogP contribution in [-0.2, 0) is 14.3 Å². The van der Waals surface area contributed by atoms with Crippen LogP contribution in [0.1, 0.15) is 48.4 Å². The topological polar surface area (TPSA) is 66.8 Å². The van der Waals surface area contributed by atoms with E-state index in [9.17, 15) is 9.59 Å². The van der Waals surface area contributed by atoms with Gasteiger partial charge in [-0.15, -0.1) is 0 Å². The molecule has 3 rings (SSSR count). The van der Waals surface area contributed by atoms with Gasteiger partial charge in [-0.1, -0.05) is 23.8 Å². The van der Waals surface area contributed by atoms with Gasteiger partial charge < -0.3 is 14.7 Å². The average Bonchev–Trinajstić information content (AvgIpc) is 3.17. The van der Waals surface area contributed by atoms with E-state index in [1.54, 1.807) is 0 Å². The highest BCUT2D eigenvalue weighted by Gasteiger charge is 2.40. The van der Waals surface area contributed by atoms with Crippen molar-refractivity contribution in [2.75, 3.05) is 6.54 Å². The molecule has 23 heavy (non-hydrogen) atoms. The van der Waals surface area contributed by atoms with Crippen molar-refractivity contribution in [1.29, 1.82) is 0 Å². The maximum absolute atomic E-state index is 12.8. The Kier molecular flexibility index (Phi) is 4.39. The predicted octanol–water partition coefficient (Wildman–Crippen LogP) is 2.60. The lowest BCUT2D eigenvalue weighted by Crippen LogP contribution is -2.39. The quantitative estimate of drug-likeness (QED) is 0.930. The van der Waals surface area contributed by atoms with Gasteiger partial charge in [0.05, 0.1) is 6.04 Å². The smallest absolute Gasteiger partial charge is 0.332 e. The Morgan fingerprint density at radius 3 is 2.61 bits per heavy atom. The third-order valence-electron chi connectivity index (χ3n) is 4.90. The molecule has 2 aliphatic rings. The summed E-state index contributed by atoms with van der Waals surface area (Å²) < 4.78 is 5.44. The molecular weight excluding hydrogens is 294 g/mol. The molecule has 0 bridgehead atoms. The Bertz CT molecular complexity index is 627. The highest BCUT2D eigenvalue weighted by molar-refractivity contribution is 5.83. The van der Waals surface area contributed by atoms with E-state index >= 15 is 0 Å². The Hall–Kier alpha value is -1.88. The van der Waals surface area contributed by atoms with Gasteiger partial charge in [0.15, 0.2) is 6.10 Å². The number of hydrogen-bond donors (Lipinski definition) is 1. The predicted molar refractivity (Wildman–Crippen MR) is 85.1 cm³/mol. The summed E-state index contributed by atoms with van der Waals surface area (Å²) in [7, 11) is 0. The van der Waals surface area contributed by atoms with Crippen LogP contribution in [0, 0.1) is 13.8 Å². The van der Waals surface area contributed by atoms with Gasteiger partial charge in [-0.05, 0) is 50.7 Å². The Morgan fingerprint density at radius 1 is 1.17 bits per heavy atom. The number of amides is 1. The normalized spacial score (nSPS) is 27.4. The highest BCUT2D eigenvalue weighted by Crippen LogP contribution is 2.36. The lowest BCUT2D eigenvalue weighted by molar-refractivity contribution is -0.155. The first-order valence-corrected chi connectivity index (χ1v) is 8.23. The second kappa shape index (κ2) is 6.32. The molecular formula is C18H23NO4. The summed E-state index contributed by atoms with van der Waals surface area (Å²) in [6, 6.07) is 6.41. The van der Waals surface area contributed by atoms with Gasteiger partial charge in [-0.25, -0.2) is 4.79 Å². The van der Waals surface area contributed by atoms with Gasteiger partial charge in [0, 0.05) is 6.54 Å². The van der Waals surface area contributed by atoms with E-state index in [1.165, 1.54) is 16.7 Å². The zero-order chi connectivity index (χ0) is 16.6. The van der Waals surface area contributed by atoms with Crippen LogP contribution in [0.2, 0.25) is 0 Å². The number of carbonyl (C=O) groups is 2. The summed E-state index contributed by atoms with van der Waals surface area (Å²) >= 11 is 0. The van der Waals surface area contributed by atoms with Crippen LogP contribution in [0.5, 0.6) is 0 Å². The van der Waals surface area contributed by atoms with Gasteiger partial charge >= 0.3 is 5.97 Å². The summed E-state index contributed by atoms with van der Waals surface area (Å²) in [6.45, 7) is 4.85. The van der Waals surface area contributed by atoms with E-state index in [4.69, 9.17) is 9.84 Å². The maximum atomic E-state index is 12.8. The standard InChI is InChI=1S/C18H23NO4/c1-11-5-6-12(2)13(10-11)14-4-3-9-19(14)17(20)15-7-8-16(23-15)18(21)22/h5-6,10,14-16H,3-4,7-9H2,1-2H3,(H,21,22)/t14?,15-,16+/m0/s1. The van der Waals surface area contributed by atoms with Crippen molar-refractivity contribution >= 4 is 11.9 Å². The maximum Gasteiger partial charge on any atom is 0.332 e. The van der Waals surface area contributed by atoms with Gasteiger partial charge in [0.25, 0.3) is 5.91 Å². The summed E-state index contributed by atoms with van der Waals surface area (Å²) in [5, 5.41) is 9.03. The van der Waals surface area contributed by atoms with Crippen LogP contribution in [0.4, 0.5) is 0 Å². The van der Waals surface area contributed by atoms with E-state index in [0.717, 1.165) is 12.8 Å². The molecule has 1 aromatic carbocycles. The molecule has 0 radical (unpaired) electrons. The van der Waals surface area contributed by atoms with E-state index in [1.807, 2.05) is 4.90 Å². The molecule has 0 aliphatic carbocycles. The molecule has 2 heterocycles. The molecule has 0 spiro atoms. The summed E-state index contributed by atoms with van der Waals surface area (Å²) in [5.41, 5.74) is 3.58. The minimum atomic E-state index is -0.979. The molecule has 5 heteroatoms. The lowest BCUT2D eigenvalue weighted by atomic mass is 9.97. The largest absolute Gasteiger partial charge is 0.479 e. The molecule has 2 aliphatic heterocycles. The van der Waals surface area contributed by atoms with E-state index in [2.05, 4.69) is 32.0 Å². The zero-order valence-corrected chi connectivity index (χ0v) is 13.6. The number of hydrogen-bond acceptors (Lipinski definition) is 3. The molecule has 0 saturated carbocycles. The first-order chi connectivity index (χ1) is 11.0. The van der Waals surface area contributed by atoms with Crippen molar-refractivity contribution in [3.05, 3.63) is 34.9 Å². The number of nitrogens with zero attached hydrogens (tertiary/aromatic N) is 1. The number of benzene rings is 1. The van der Waals surface area contributed by atoms with Crippen molar-refractivity contribution in [3.63, 3.8) is 0 Å². The number of carboxylic acids is 1. The average molecular weight is 317 g/mol. The second-order valence-corrected chi connectivity index (χ2v) is 6.58. The van der Waals surface area contributed by atoms with Crippen LogP contribution < -0.4 is 0 Å². The SMILES string of the molecule is Cc1ccc(C)c(C2CCCN2C(=O)[C@@H]2CC[C@H](C(=O)O)O2)c1. The van der Waals surface area contributed by atoms with E-state index in [-0.39, 0.29) is 11.9 Å². The van der Waals surface area contributed by atoms with Crippen LogP contribution in [0.25, 0.3) is 0 Å². The van der Waals surface area contributed by atoms with Crippen molar-refractivity contribution < 1.29 is 19.4 Å². The van der Waals surface area contributed by atoms with Crippen LogP contribution in [0.3, 0.4) is 0 Å². The molecule has 5 nitrogen and oxygen atoms in total. The summed E-state index contributed by atoms with van der Waals surface area (Å²) in [6.07, 6.45) is 1.37. The Morgan fingerprint density at radius 2 is 1.91 bits per heavy atom. The fourth-order valence-corrected chi connectivity index (χ4v) is 3.66. The summed E-state index contributed by atoms with van der Waals surface area (Å²) in [4.78, 5) is 25.7. The molecule has 3 atom stereocenters. The second-order valence-electron chi connectivity index (χ2n) is 6.58. The minimum absolute atomic E-state index is 0.0582. The number of carbonyl (C=O) groups excluding carboxylic acids is 1. The number of likely N-dealkylation sites (tertiary alicyclic amines) is 1. The Balaban J connectivity index is 1.78. The molecule has 2 saturated heterocycles. The van der Waals surface area contributed by atoms with Crippen LogP contribution >= 0.6 is 0 Å². The Labute approximate surface area is 136 Å². The van der Waals surface area contributed by atoms with E-state index in [0.29, 0.717) is 19.4 Å². The van der Waals surface area contributed by atoms with Crippen molar-refractivity contribution in [2.24, 2.45) is 0 Å². The molecule has 124 valence electrons.